The van der Waals surface area contributed by atoms with Crippen molar-refractivity contribution >= 4 is 17.2 Å². The number of aromatic nitrogens is 4. The molecule has 0 radical (unpaired) electrons. The van der Waals surface area contributed by atoms with Gasteiger partial charge in [0.05, 0.1) is 29.4 Å². The molecule has 5 rings (SSSR count). The average Bonchev–Trinajstić information content (AvgIpc) is 3.39. The minimum Gasteiger partial charge on any atom is -0.477 e. The Hall–Kier alpha value is -3.94. The fourth-order valence-corrected chi connectivity index (χ4v) is 3.48. The van der Waals surface area contributed by atoms with Gasteiger partial charge in [0, 0.05) is 19.2 Å². The van der Waals surface area contributed by atoms with E-state index in [9.17, 15) is 4.79 Å². The minimum atomic E-state index is -0.509. The molecule has 0 bridgehead atoms. The number of ether oxygens (including phenoxy) is 1. The van der Waals surface area contributed by atoms with Crippen molar-refractivity contribution in [2.75, 3.05) is 11.9 Å². The zero-order chi connectivity index (χ0) is 19.8. The van der Waals surface area contributed by atoms with E-state index in [0.717, 1.165) is 23.4 Å². The summed E-state index contributed by atoms with van der Waals surface area (Å²) in [5.41, 5.74) is 8.60. The van der Waals surface area contributed by atoms with Crippen molar-refractivity contribution in [3.8, 4) is 17.5 Å². The van der Waals surface area contributed by atoms with Crippen LogP contribution in [0.3, 0.4) is 0 Å². The third-order valence-corrected chi connectivity index (χ3v) is 4.90. The van der Waals surface area contributed by atoms with Crippen LogP contribution in [0.4, 0.5) is 5.82 Å². The Morgan fingerprint density at radius 2 is 2.03 bits per heavy atom. The molecular weight excluding hydrogens is 368 g/mol. The summed E-state index contributed by atoms with van der Waals surface area (Å²) >= 11 is 0. The SMILES string of the molecule is NC(=O)c1cccn2c(-c3nc(NCc4ccccc4)c4c(n3)OCC4)ncc12. The number of carbonyl (C=O) groups is 1. The number of hydrogen-bond acceptors (Lipinski definition) is 6. The van der Waals surface area contributed by atoms with Gasteiger partial charge in [0.2, 0.25) is 11.7 Å². The number of benzene rings is 1. The second kappa shape index (κ2) is 6.90. The van der Waals surface area contributed by atoms with Crippen LogP contribution in [-0.4, -0.2) is 31.9 Å². The van der Waals surface area contributed by atoms with E-state index < -0.39 is 5.91 Å². The second-order valence-electron chi connectivity index (χ2n) is 6.74. The van der Waals surface area contributed by atoms with Crippen LogP contribution in [0.2, 0.25) is 0 Å². The number of nitrogens with two attached hydrogens (primary N) is 1. The summed E-state index contributed by atoms with van der Waals surface area (Å²) in [6.45, 7) is 1.21. The molecular formula is C21H18N6O2. The van der Waals surface area contributed by atoms with E-state index in [2.05, 4.69) is 27.4 Å². The zero-order valence-electron chi connectivity index (χ0n) is 15.5. The molecule has 1 aromatic carbocycles. The summed E-state index contributed by atoms with van der Waals surface area (Å²) in [6, 6.07) is 13.5. The first-order chi connectivity index (χ1) is 14.2. The molecule has 0 spiro atoms. The number of nitrogens with one attached hydrogen (secondary N) is 1. The molecule has 0 fully saturated rings. The molecule has 3 aromatic heterocycles. The van der Waals surface area contributed by atoms with Gasteiger partial charge in [0.25, 0.3) is 5.91 Å². The first-order valence-electron chi connectivity index (χ1n) is 9.28. The van der Waals surface area contributed by atoms with Crippen LogP contribution in [0.1, 0.15) is 21.5 Å². The first kappa shape index (κ1) is 17.2. The molecule has 0 saturated carbocycles. The van der Waals surface area contributed by atoms with Gasteiger partial charge in [-0.25, -0.2) is 9.97 Å². The van der Waals surface area contributed by atoms with Gasteiger partial charge in [0.15, 0.2) is 5.82 Å². The van der Waals surface area contributed by atoms with E-state index in [1.165, 1.54) is 0 Å². The van der Waals surface area contributed by atoms with Crippen LogP contribution < -0.4 is 15.8 Å². The molecule has 4 aromatic rings. The molecule has 0 unspecified atom stereocenters. The predicted octanol–water partition coefficient (Wildman–Crippen LogP) is 2.44. The molecule has 3 N–H and O–H groups in total. The van der Waals surface area contributed by atoms with E-state index in [1.807, 2.05) is 18.2 Å². The Morgan fingerprint density at radius 1 is 1.17 bits per heavy atom. The highest BCUT2D eigenvalue weighted by atomic mass is 16.5. The van der Waals surface area contributed by atoms with Gasteiger partial charge in [-0.1, -0.05) is 30.3 Å². The number of anilines is 1. The highest BCUT2D eigenvalue weighted by Gasteiger charge is 2.23. The topological polar surface area (TPSA) is 107 Å². The monoisotopic (exact) mass is 386 g/mol. The quantitative estimate of drug-likeness (QED) is 0.545. The highest BCUT2D eigenvalue weighted by molar-refractivity contribution is 5.99. The third kappa shape index (κ3) is 3.04. The Balaban J connectivity index is 1.57. The highest BCUT2D eigenvalue weighted by Crippen LogP contribution is 2.32. The summed E-state index contributed by atoms with van der Waals surface area (Å²) in [6.07, 6.45) is 4.16. The van der Waals surface area contributed by atoms with Crippen molar-refractivity contribution in [2.45, 2.75) is 13.0 Å². The van der Waals surface area contributed by atoms with Gasteiger partial charge in [-0.15, -0.1) is 0 Å². The summed E-state index contributed by atoms with van der Waals surface area (Å²) in [5.74, 6) is 1.72. The first-order valence-corrected chi connectivity index (χ1v) is 9.28. The Kier molecular flexibility index (Phi) is 4.09. The van der Waals surface area contributed by atoms with E-state index in [0.29, 0.717) is 41.8 Å². The zero-order valence-corrected chi connectivity index (χ0v) is 15.5. The molecule has 1 aliphatic rings. The smallest absolute Gasteiger partial charge is 0.250 e. The van der Waals surface area contributed by atoms with E-state index in [4.69, 9.17) is 15.5 Å². The average molecular weight is 386 g/mol. The molecule has 0 atom stereocenters. The molecule has 144 valence electrons. The van der Waals surface area contributed by atoms with Gasteiger partial charge in [0.1, 0.15) is 5.82 Å². The number of primary amides is 1. The van der Waals surface area contributed by atoms with Crippen molar-refractivity contribution < 1.29 is 9.53 Å². The molecule has 4 heterocycles. The molecule has 1 aliphatic heterocycles. The molecule has 1 amide bonds. The van der Waals surface area contributed by atoms with Crippen LogP contribution >= 0.6 is 0 Å². The number of hydrogen-bond donors (Lipinski definition) is 2. The maximum atomic E-state index is 11.7. The number of carbonyl (C=O) groups excluding carboxylic acids is 1. The number of amides is 1. The van der Waals surface area contributed by atoms with Gasteiger partial charge < -0.3 is 15.8 Å². The standard InChI is InChI=1S/C21H18N6O2/c22-17(28)14-7-4-9-27-16(14)12-24-20(27)19-25-18(15-8-10-29-21(15)26-19)23-11-13-5-2-1-3-6-13/h1-7,9,12H,8,10-11H2,(H2,22,28)(H,23,25,26). The number of fused-ring (bicyclic) bond motifs is 2. The van der Waals surface area contributed by atoms with Crippen molar-refractivity contribution in [1.82, 2.24) is 19.4 Å². The van der Waals surface area contributed by atoms with E-state index in [-0.39, 0.29) is 0 Å². The molecule has 8 nitrogen and oxygen atoms in total. The van der Waals surface area contributed by atoms with Crippen LogP contribution in [0, 0.1) is 0 Å². The molecule has 8 heteroatoms. The summed E-state index contributed by atoms with van der Waals surface area (Å²) in [4.78, 5) is 25.4. The second-order valence-corrected chi connectivity index (χ2v) is 6.74. The van der Waals surface area contributed by atoms with Crippen molar-refractivity contribution in [3.63, 3.8) is 0 Å². The lowest BCUT2D eigenvalue weighted by atomic mass is 10.2. The number of nitrogens with zero attached hydrogens (tertiary/aromatic N) is 4. The fourth-order valence-electron chi connectivity index (χ4n) is 3.48. The van der Waals surface area contributed by atoms with Gasteiger partial charge >= 0.3 is 0 Å². The molecule has 0 aliphatic carbocycles. The number of rotatable bonds is 5. The summed E-state index contributed by atoms with van der Waals surface area (Å²) in [5, 5.41) is 3.40. The largest absolute Gasteiger partial charge is 0.477 e. The third-order valence-electron chi connectivity index (χ3n) is 4.90. The van der Waals surface area contributed by atoms with Gasteiger partial charge in [-0.2, -0.15) is 4.98 Å². The van der Waals surface area contributed by atoms with Crippen molar-refractivity contribution in [2.24, 2.45) is 5.73 Å². The van der Waals surface area contributed by atoms with Crippen molar-refractivity contribution in [1.29, 1.82) is 0 Å². The minimum absolute atomic E-state index is 0.395. The maximum Gasteiger partial charge on any atom is 0.250 e. The molecule has 29 heavy (non-hydrogen) atoms. The number of pyridine rings is 1. The van der Waals surface area contributed by atoms with Gasteiger partial charge in [-0.05, 0) is 17.7 Å². The van der Waals surface area contributed by atoms with E-state index in [1.54, 1.807) is 28.9 Å². The number of imidazole rings is 1. The lowest BCUT2D eigenvalue weighted by Crippen LogP contribution is -2.12. The fraction of sp³-hybridized carbons (Fsp3) is 0.143. The summed E-state index contributed by atoms with van der Waals surface area (Å²) < 4.78 is 7.46. The van der Waals surface area contributed by atoms with Crippen molar-refractivity contribution in [3.05, 3.63) is 71.5 Å². The van der Waals surface area contributed by atoms with Crippen LogP contribution in [0.25, 0.3) is 17.2 Å². The Labute approximate surface area is 166 Å². The maximum absolute atomic E-state index is 11.7. The van der Waals surface area contributed by atoms with Crippen LogP contribution in [0.5, 0.6) is 5.88 Å². The normalized spacial score (nSPS) is 12.6. The lowest BCUT2D eigenvalue weighted by Gasteiger charge is -2.11. The van der Waals surface area contributed by atoms with Crippen LogP contribution in [0.15, 0.2) is 54.9 Å². The molecule has 0 saturated heterocycles. The Morgan fingerprint density at radius 3 is 2.86 bits per heavy atom. The van der Waals surface area contributed by atoms with Gasteiger partial charge in [-0.3, -0.25) is 9.20 Å². The summed E-state index contributed by atoms with van der Waals surface area (Å²) in [7, 11) is 0. The predicted molar refractivity (Wildman–Crippen MR) is 108 cm³/mol. The Bertz CT molecular complexity index is 1220. The van der Waals surface area contributed by atoms with E-state index >= 15 is 0 Å². The van der Waals surface area contributed by atoms with Crippen LogP contribution in [-0.2, 0) is 13.0 Å². The lowest BCUT2D eigenvalue weighted by molar-refractivity contribution is 0.100.